The minimum Gasteiger partial charge on any atom is -0.493 e. The van der Waals surface area contributed by atoms with E-state index in [9.17, 15) is 18.0 Å². The third kappa shape index (κ3) is 8.71. The van der Waals surface area contributed by atoms with Crippen molar-refractivity contribution >= 4 is 34.5 Å². The van der Waals surface area contributed by atoms with Crippen molar-refractivity contribution in [3.8, 4) is 17.4 Å². The highest BCUT2D eigenvalue weighted by molar-refractivity contribution is 5.96. The zero-order valence-corrected chi connectivity index (χ0v) is 24.8. The number of benzene rings is 2. The molecule has 1 amide bonds. The van der Waals surface area contributed by atoms with Crippen molar-refractivity contribution < 1.29 is 37.3 Å². The van der Waals surface area contributed by atoms with Gasteiger partial charge in [-0.25, -0.2) is 14.8 Å². The van der Waals surface area contributed by atoms with Gasteiger partial charge in [0.05, 0.1) is 12.6 Å². The summed E-state index contributed by atoms with van der Waals surface area (Å²) in [5.41, 5.74) is 1.30. The number of pyridine rings is 1. The number of hydrogen-bond acceptors (Lipinski definition) is 9. The molecule has 1 saturated carbocycles. The van der Waals surface area contributed by atoms with Gasteiger partial charge < -0.3 is 30.1 Å². The number of aliphatic carboxylic acids is 1. The molecule has 4 aromatic rings. The number of amides is 1. The number of carboxylic acids is 1. The van der Waals surface area contributed by atoms with E-state index in [2.05, 4.69) is 15.6 Å². The molecule has 0 aliphatic heterocycles. The van der Waals surface area contributed by atoms with Crippen LogP contribution in [0, 0.1) is 0 Å². The molecular weight excluding hydrogens is 593 g/mol. The van der Waals surface area contributed by atoms with Gasteiger partial charge in [0.25, 0.3) is 5.91 Å². The largest absolute Gasteiger partial charge is 0.493 e. The molecule has 0 spiro atoms. The SMILES string of the molecule is COc1ccccc1Oc1ncccc1C(=O)N[C@H]1CC[C@@H](Nc2nc(N(C)C)c3ccccc3n2)CC1.O=C(O)C(F)(F)F. The molecule has 0 bridgehead atoms. The van der Waals surface area contributed by atoms with Crippen LogP contribution in [0.2, 0.25) is 0 Å². The summed E-state index contributed by atoms with van der Waals surface area (Å²) in [4.78, 5) is 37.9. The molecule has 1 fully saturated rings. The number of carbonyl (C=O) groups excluding carboxylic acids is 1. The minimum atomic E-state index is -5.08. The number of para-hydroxylation sites is 3. The Morgan fingerprint density at radius 2 is 1.53 bits per heavy atom. The van der Waals surface area contributed by atoms with Gasteiger partial charge >= 0.3 is 12.1 Å². The van der Waals surface area contributed by atoms with Crippen molar-refractivity contribution in [2.24, 2.45) is 0 Å². The number of aromatic nitrogens is 3. The second-order valence-corrected chi connectivity index (χ2v) is 10.4. The van der Waals surface area contributed by atoms with Crippen LogP contribution in [0.5, 0.6) is 17.4 Å². The van der Waals surface area contributed by atoms with Gasteiger partial charge in [0.1, 0.15) is 11.4 Å². The van der Waals surface area contributed by atoms with Crippen molar-refractivity contribution in [2.45, 2.75) is 43.9 Å². The zero-order valence-electron chi connectivity index (χ0n) is 24.8. The lowest BCUT2D eigenvalue weighted by Crippen LogP contribution is -2.40. The Morgan fingerprint density at radius 1 is 0.911 bits per heavy atom. The van der Waals surface area contributed by atoms with E-state index in [0.717, 1.165) is 42.4 Å². The standard InChI is InChI=1S/C29H32N6O3.C2HF3O2/c1-35(2)26-21-9-4-5-11-23(21)33-29(34-26)32-20-16-14-19(15-17-20)31-27(36)22-10-8-18-30-28(22)38-25-13-7-6-12-24(25)37-3;3-2(4,5)1(6)7/h4-13,18-20H,14-17H2,1-3H3,(H,31,36)(H,32,33,34);(H,6,7)/t19-,20+;. The summed E-state index contributed by atoms with van der Waals surface area (Å²) in [6.45, 7) is 0. The molecule has 2 heterocycles. The van der Waals surface area contributed by atoms with Gasteiger partial charge in [-0.2, -0.15) is 18.2 Å². The van der Waals surface area contributed by atoms with Gasteiger partial charge in [0.15, 0.2) is 11.5 Å². The van der Waals surface area contributed by atoms with Crippen molar-refractivity contribution in [1.82, 2.24) is 20.3 Å². The van der Waals surface area contributed by atoms with E-state index in [1.165, 1.54) is 0 Å². The summed E-state index contributed by atoms with van der Waals surface area (Å²) in [5, 5.41) is 14.8. The summed E-state index contributed by atoms with van der Waals surface area (Å²) in [6, 6.07) is 19.1. The topological polar surface area (TPSA) is 139 Å². The van der Waals surface area contributed by atoms with E-state index in [1.54, 1.807) is 37.6 Å². The first-order chi connectivity index (χ1) is 21.5. The molecule has 5 rings (SSSR count). The molecule has 238 valence electrons. The van der Waals surface area contributed by atoms with E-state index in [-0.39, 0.29) is 23.9 Å². The summed E-state index contributed by atoms with van der Waals surface area (Å²) < 4.78 is 43.1. The number of rotatable bonds is 8. The fourth-order valence-corrected chi connectivity index (χ4v) is 4.75. The quantitative estimate of drug-likeness (QED) is 0.224. The van der Waals surface area contributed by atoms with Crippen molar-refractivity contribution in [3.63, 3.8) is 0 Å². The average Bonchev–Trinajstić information content (AvgIpc) is 3.02. The van der Waals surface area contributed by atoms with Gasteiger partial charge in [-0.3, -0.25) is 4.79 Å². The number of hydrogen-bond donors (Lipinski definition) is 3. The number of nitrogens with zero attached hydrogens (tertiary/aromatic N) is 4. The number of carboxylic acid groups (broad SMARTS) is 1. The van der Waals surface area contributed by atoms with Crippen LogP contribution in [0.15, 0.2) is 66.9 Å². The number of halogens is 3. The maximum atomic E-state index is 13.2. The van der Waals surface area contributed by atoms with Gasteiger partial charge in [-0.15, -0.1) is 0 Å². The zero-order chi connectivity index (χ0) is 32.6. The van der Waals surface area contributed by atoms with E-state index in [0.29, 0.717) is 23.0 Å². The molecule has 0 radical (unpaired) electrons. The van der Waals surface area contributed by atoms with E-state index in [1.807, 2.05) is 55.4 Å². The lowest BCUT2D eigenvalue weighted by molar-refractivity contribution is -0.192. The van der Waals surface area contributed by atoms with Crippen LogP contribution in [-0.2, 0) is 4.79 Å². The molecule has 45 heavy (non-hydrogen) atoms. The molecule has 1 aliphatic rings. The van der Waals surface area contributed by atoms with E-state index >= 15 is 0 Å². The number of methoxy groups -OCH3 is 1. The number of fused-ring (bicyclic) bond motifs is 1. The third-order valence-corrected chi connectivity index (χ3v) is 6.94. The lowest BCUT2D eigenvalue weighted by atomic mass is 9.91. The summed E-state index contributed by atoms with van der Waals surface area (Å²) >= 11 is 0. The van der Waals surface area contributed by atoms with Crippen LogP contribution in [0.25, 0.3) is 10.9 Å². The predicted molar refractivity (Wildman–Crippen MR) is 162 cm³/mol. The van der Waals surface area contributed by atoms with Crippen molar-refractivity contribution in [2.75, 3.05) is 31.4 Å². The predicted octanol–water partition coefficient (Wildman–Crippen LogP) is 5.68. The van der Waals surface area contributed by atoms with Crippen LogP contribution in [0.3, 0.4) is 0 Å². The fraction of sp³-hybridized carbons (Fsp3) is 0.323. The summed E-state index contributed by atoms with van der Waals surface area (Å²) in [7, 11) is 5.55. The number of ether oxygens (including phenoxy) is 2. The lowest BCUT2D eigenvalue weighted by Gasteiger charge is -2.30. The van der Waals surface area contributed by atoms with E-state index < -0.39 is 12.1 Å². The number of alkyl halides is 3. The molecular formula is C31H33F3N6O5. The first kappa shape index (κ1) is 32.8. The van der Waals surface area contributed by atoms with Crippen LogP contribution < -0.4 is 25.0 Å². The average molecular weight is 627 g/mol. The molecule has 1 aliphatic carbocycles. The van der Waals surface area contributed by atoms with Crippen LogP contribution in [0.4, 0.5) is 24.9 Å². The summed E-state index contributed by atoms with van der Waals surface area (Å²) in [5.74, 6) is -0.114. The van der Waals surface area contributed by atoms with Crippen molar-refractivity contribution in [3.05, 3.63) is 72.4 Å². The van der Waals surface area contributed by atoms with Gasteiger partial charge in [-0.05, 0) is 62.1 Å². The first-order valence-corrected chi connectivity index (χ1v) is 14.0. The van der Waals surface area contributed by atoms with E-state index in [4.69, 9.17) is 29.3 Å². The van der Waals surface area contributed by atoms with Gasteiger partial charge in [-0.1, -0.05) is 24.3 Å². The number of carbonyl (C=O) groups is 2. The molecule has 11 nitrogen and oxygen atoms in total. The highest BCUT2D eigenvalue weighted by atomic mass is 19.4. The Morgan fingerprint density at radius 3 is 2.18 bits per heavy atom. The van der Waals surface area contributed by atoms with Gasteiger partial charge in [0, 0.05) is 37.8 Å². The van der Waals surface area contributed by atoms with Crippen LogP contribution >= 0.6 is 0 Å². The normalized spacial score (nSPS) is 16.1. The second kappa shape index (κ2) is 14.6. The molecule has 0 atom stereocenters. The maximum absolute atomic E-state index is 13.2. The Hall–Kier alpha value is -5.14. The first-order valence-electron chi connectivity index (χ1n) is 14.0. The Kier molecular flexibility index (Phi) is 10.6. The Balaban J connectivity index is 0.000000591. The minimum absolute atomic E-state index is 0.0646. The number of anilines is 2. The van der Waals surface area contributed by atoms with Gasteiger partial charge in [0.2, 0.25) is 11.8 Å². The third-order valence-electron chi connectivity index (χ3n) is 6.94. The van der Waals surface area contributed by atoms with Crippen LogP contribution in [-0.4, -0.2) is 71.4 Å². The smallest absolute Gasteiger partial charge is 0.490 e. The van der Waals surface area contributed by atoms with Crippen molar-refractivity contribution in [1.29, 1.82) is 0 Å². The monoisotopic (exact) mass is 626 g/mol. The maximum Gasteiger partial charge on any atom is 0.490 e. The molecule has 0 unspecified atom stereocenters. The Labute approximate surface area is 257 Å². The number of nitrogens with one attached hydrogen (secondary N) is 2. The highest BCUT2D eigenvalue weighted by Gasteiger charge is 2.38. The Bertz CT molecular complexity index is 1630. The second-order valence-electron chi connectivity index (χ2n) is 10.4. The molecule has 2 aromatic carbocycles. The highest BCUT2D eigenvalue weighted by Crippen LogP contribution is 2.32. The molecule has 0 saturated heterocycles. The molecule has 2 aromatic heterocycles. The summed E-state index contributed by atoms with van der Waals surface area (Å²) in [6.07, 6.45) is 0.0159. The molecule has 14 heteroatoms. The van der Waals surface area contributed by atoms with Crippen LogP contribution in [0.1, 0.15) is 36.0 Å². The fourth-order valence-electron chi connectivity index (χ4n) is 4.75. The molecule has 3 N–H and O–H groups in total.